The molecule has 10 heavy (non-hydrogen) atoms. The van der Waals surface area contributed by atoms with Crippen LogP contribution >= 0.6 is 0 Å². The molecule has 1 rings (SSSR count). The van der Waals surface area contributed by atoms with Crippen LogP contribution in [0.5, 0.6) is 0 Å². The largest absolute Gasteiger partial charge is 0.264 e. The minimum atomic E-state index is -0.0614. The highest BCUT2D eigenvalue weighted by atomic mass is 15.0. The van der Waals surface area contributed by atoms with Gasteiger partial charge in [-0.2, -0.15) is 5.11 Å². The second kappa shape index (κ2) is 3.06. The fourth-order valence-corrected chi connectivity index (χ4v) is 0.698. The number of nitrogens with zero attached hydrogens (tertiary/aromatic N) is 2. The predicted molar refractivity (Wildman–Crippen MR) is 37.8 cm³/mol. The van der Waals surface area contributed by atoms with Crippen molar-refractivity contribution in [2.75, 3.05) is 0 Å². The van der Waals surface area contributed by atoms with Crippen LogP contribution in [0.25, 0.3) is 0 Å². The molecule has 1 unspecified atom stereocenters. The first-order chi connectivity index (χ1) is 4.84. The number of aromatic nitrogens is 1. The summed E-state index contributed by atoms with van der Waals surface area (Å²) >= 11 is 0. The number of rotatable bonds is 2. The van der Waals surface area contributed by atoms with Crippen molar-refractivity contribution in [3.63, 3.8) is 0 Å². The fourth-order valence-electron chi connectivity index (χ4n) is 0.698. The molecule has 0 radical (unpaired) electrons. The van der Waals surface area contributed by atoms with Gasteiger partial charge in [-0.3, -0.25) is 4.98 Å². The molecule has 0 saturated carbocycles. The van der Waals surface area contributed by atoms with E-state index in [9.17, 15) is 0 Å². The van der Waals surface area contributed by atoms with Crippen LogP contribution in [0.3, 0.4) is 0 Å². The van der Waals surface area contributed by atoms with Crippen LogP contribution in [0.1, 0.15) is 18.5 Å². The molecular weight excluding hydrogens is 126 g/mol. The third-order valence-corrected chi connectivity index (χ3v) is 1.36. The first-order valence-electron chi connectivity index (χ1n) is 3.11. The van der Waals surface area contributed by atoms with Gasteiger partial charge in [0.15, 0.2) is 0 Å². The summed E-state index contributed by atoms with van der Waals surface area (Å²) in [5.74, 6) is 0. The van der Waals surface area contributed by atoms with Crippen LogP contribution in [0.2, 0.25) is 0 Å². The van der Waals surface area contributed by atoms with Crippen LogP contribution in [0.4, 0.5) is 0 Å². The van der Waals surface area contributed by atoms with E-state index in [1.54, 1.807) is 12.4 Å². The zero-order chi connectivity index (χ0) is 7.40. The maximum absolute atomic E-state index is 6.74. The van der Waals surface area contributed by atoms with E-state index in [1.165, 1.54) is 0 Å². The SMILES string of the molecule is CC(N=N)c1cccnc1. The summed E-state index contributed by atoms with van der Waals surface area (Å²) in [5.41, 5.74) is 7.73. The van der Waals surface area contributed by atoms with E-state index in [0.29, 0.717) is 0 Å². The van der Waals surface area contributed by atoms with Gasteiger partial charge in [-0.1, -0.05) is 6.07 Å². The second-order valence-electron chi connectivity index (χ2n) is 2.09. The average Bonchev–Trinajstić information content (AvgIpc) is 2.05. The molecule has 0 fully saturated rings. The van der Waals surface area contributed by atoms with Gasteiger partial charge < -0.3 is 0 Å². The van der Waals surface area contributed by atoms with Crippen LogP contribution in [0.15, 0.2) is 29.6 Å². The van der Waals surface area contributed by atoms with Crippen molar-refractivity contribution >= 4 is 0 Å². The first-order valence-corrected chi connectivity index (χ1v) is 3.11. The van der Waals surface area contributed by atoms with Gasteiger partial charge in [0, 0.05) is 12.4 Å². The van der Waals surface area contributed by atoms with E-state index in [4.69, 9.17) is 5.53 Å². The molecule has 0 aliphatic carbocycles. The van der Waals surface area contributed by atoms with Gasteiger partial charge in [-0.05, 0) is 18.6 Å². The van der Waals surface area contributed by atoms with E-state index in [-0.39, 0.29) is 6.04 Å². The topological polar surface area (TPSA) is 49.1 Å². The Morgan fingerprint density at radius 3 is 3.00 bits per heavy atom. The molecular formula is C7H9N3. The Morgan fingerprint density at radius 1 is 1.70 bits per heavy atom. The molecule has 1 heterocycles. The molecule has 1 N–H and O–H groups in total. The summed E-state index contributed by atoms with van der Waals surface area (Å²) in [4.78, 5) is 3.91. The Morgan fingerprint density at radius 2 is 2.50 bits per heavy atom. The lowest BCUT2D eigenvalue weighted by Gasteiger charge is -2.00. The van der Waals surface area contributed by atoms with Crippen LogP contribution in [-0.4, -0.2) is 4.98 Å². The summed E-state index contributed by atoms with van der Waals surface area (Å²) in [6, 6.07) is 3.70. The van der Waals surface area contributed by atoms with Crippen molar-refractivity contribution in [2.24, 2.45) is 5.11 Å². The van der Waals surface area contributed by atoms with E-state index >= 15 is 0 Å². The van der Waals surface area contributed by atoms with Crippen molar-refractivity contribution in [3.05, 3.63) is 30.1 Å². The van der Waals surface area contributed by atoms with Gasteiger partial charge in [0.1, 0.15) is 0 Å². The Kier molecular flexibility index (Phi) is 2.10. The highest BCUT2D eigenvalue weighted by Crippen LogP contribution is 2.13. The second-order valence-corrected chi connectivity index (χ2v) is 2.09. The zero-order valence-corrected chi connectivity index (χ0v) is 5.78. The highest BCUT2D eigenvalue weighted by molar-refractivity contribution is 5.12. The Hall–Kier alpha value is -1.25. The molecule has 0 aliphatic heterocycles. The zero-order valence-electron chi connectivity index (χ0n) is 5.78. The summed E-state index contributed by atoms with van der Waals surface area (Å²) < 4.78 is 0. The summed E-state index contributed by atoms with van der Waals surface area (Å²) in [6.07, 6.45) is 3.43. The molecule has 0 spiro atoms. The maximum atomic E-state index is 6.74. The quantitative estimate of drug-likeness (QED) is 0.621. The van der Waals surface area contributed by atoms with E-state index in [0.717, 1.165) is 5.56 Å². The lowest BCUT2D eigenvalue weighted by Crippen LogP contribution is -1.87. The monoisotopic (exact) mass is 135 g/mol. The first kappa shape index (κ1) is 6.86. The van der Waals surface area contributed by atoms with E-state index < -0.39 is 0 Å². The molecule has 0 aliphatic rings. The standard InChI is InChI=1S/C7H9N3/c1-6(10-8)7-3-2-4-9-5-7/h2-6,8H,1H3. The van der Waals surface area contributed by atoms with Crippen molar-refractivity contribution in [3.8, 4) is 0 Å². The van der Waals surface area contributed by atoms with Gasteiger partial charge >= 0.3 is 0 Å². The van der Waals surface area contributed by atoms with Crippen LogP contribution in [0, 0.1) is 5.53 Å². The molecule has 0 saturated heterocycles. The van der Waals surface area contributed by atoms with Crippen molar-refractivity contribution < 1.29 is 0 Å². The van der Waals surface area contributed by atoms with Crippen molar-refractivity contribution in [1.29, 1.82) is 5.53 Å². The predicted octanol–water partition coefficient (Wildman–Crippen LogP) is 2.17. The molecule has 0 aromatic carbocycles. The molecule has 3 heteroatoms. The minimum Gasteiger partial charge on any atom is -0.264 e. The summed E-state index contributed by atoms with van der Waals surface area (Å²) in [7, 11) is 0. The molecule has 52 valence electrons. The Labute approximate surface area is 59.6 Å². The molecule has 1 atom stereocenters. The molecule has 1 aromatic rings. The molecule has 0 bridgehead atoms. The fraction of sp³-hybridized carbons (Fsp3) is 0.286. The van der Waals surface area contributed by atoms with Gasteiger partial charge in [0.05, 0.1) is 6.04 Å². The van der Waals surface area contributed by atoms with E-state index in [1.807, 2.05) is 19.1 Å². The molecule has 0 amide bonds. The molecule has 3 nitrogen and oxygen atoms in total. The normalized spacial score (nSPS) is 12.5. The Balaban J connectivity index is 2.84. The van der Waals surface area contributed by atoms with Gasteiger partial charge in [0.2, 0.25) is 0 Å². The van der Waals surface area contributed by atoms with E-state index in [2.05, 4.69) is 10.1 Å². The highest BCUT2D eigenvalue weighted by Gasteiger charge is 1.99. The van der Waals surface area contributed by atoms with Crippen molar-refractivity contribution in [1.82, 2.24) is 4.98 Å². The maximum Gasteiger partial charge on any atom is 0.0941 e. The third kappa shape index (κ3) is 1.37. The number of pyridine rings is 1. The van der Waals surface area contributed by atoms with Gasteiger partial charge in [-0.25, -0.2) is 5.53 Å². The number of hydrogen-bond acceptors (Lipinski definition) is 3. The summed E-state index contributed by atoms with van der Waals surface area (Å²) in [6.45, 7) is 1.87. The van der Waals surface area contributed by atoms with Crippen LogP contribution < -0.4 is 0 Å². The lowest BCUT2D eigenvalue weighted by molar-refractivity contribution is 0.730. The van der Waals surface area contributed by atoms with Crippen molar-refractivity contribution in [2.45, 2.75) is 13.0 Å². The van der Waals surface area contributed by atoms with Crippen LogP contribution in [-0.2, 0) is 0 Å². The number of hydrogen-bond donors (Lipinski definition) is 1. The lowest BCUT2D eigenvalue weighted by atomic mass is 10.2. The van der Waals surface area contributed by atoms with Gasteiger partial charge in [0.25, 0.3) is 0 Å². The average molecular weight is 135 g/mol. The third-order valence-electron chi connectivity index (χ3n) is 1.36. The Bertz CT molecular complexity index is 207. The molecule has 1 aromatic heterocycles. The van der Waals surface area contributed by atoms with Gasteiger partial charge in [-0.15, -0.1) is 0 Å². The minimum absolute atomic E-state index is 0.0614. The summed E-state index contributed by atoms with van der Waals surface area (Å²) in [5, 5.41) is 3.37. The smallest absolute Gasteiger partial charge is 0.0941 e. The number of nitrogens with one attached hydrogen (secondary N) is 1.